The molecule has 0 rings (SSSR count). The van der Waals surface area contributed by atoms with Gasteiger partial charge in [-0.25, -0.2) is 0 Å². The largest absolute Gasteiger partial charge is 0.328 e. The Morgan fingerprint density at radius 2 is 2.29 bits per heavy atom. The van der Waals surface area contributed by atoms with Crippen LogP contribution < -0.4 is 5.73 Å². The zero-order chi connectivity index (χ0) is 5.70. The maximum Gasteiger partial charge on any atom is 0.00449 e. The summed E-state index contributed by atoms with van der Waals surface area (Å²) < 4.78 is 0. The molecule has 0 spiro atoms. The molecule has 1 atom stereocenters. The van der Waals surface area contributed by atoms with E-state index in [1.54, 1.807) is 0 Å². The van der Waals surface area contributed by atoms with Crippen molar-refractivity contribution in [3.05, 3.63) is 12.2 Å². The Balaban J connectivity index is 2.97. The molecule has 0 heterocycles. The summed E-state index contributed by atoms with van der Waals surface area (Å²) in [6.07, 6.45) is 5.09. The van der Waals surface area contributed by atoms with E-state index in [0.29, 0.717) is 6.04 Å². The lowest BCUT2D eigenvalue weighted by Gasteiger charge is -1.94. The summed E-state index contributed by atoms with van der Waals surface area (Å²) in [6.45, 7) is 4.00. The number of hydrogen-bond donors (Lipinski definition) is 1. The van der Waals surface area contributed by atoms with Crippen LogP contribution in [0.3, 0.4) is 0 Å². The van der Waals surface area contributed by atoms with Crippen molar-refractivity contribution in [3.63, 3.8) is 0 Å². The molecule has 0 aromatic heterocycles. The Morgan fingerprint density at radius 3 is 2.43 bits per heavy atom. The van der Waals surface area contributed by atoms with Crippen LogP contribution in [-0.2, 0) is 0 Å². The van der Waals surface area contributed by atoms with Gasteiger partial charge in [-0.15, -0.1) is 0 Å². The summed E-state index contributed by atoms with van der Waals surface area (Å²) in [5.74, 6) is 0. The lowest BCUT2D eigenvalue weighted by atomic mass is 10.2. The molecule has 0 aliphatic carbocycles. The van der Waals surface area contributed by atoms with Gasteiger partial charge in [0.15, 0.2) is 0 Å². The van der Waals surface area contributed by atoms with Gasteiger partial charge in [-0.2, -0.15) is 0 Å². The van der Waals surface area contributed by atoms with Crippen LogP contribution in [0.25, 0.3) is 0 Å². The van der Waals surface area contributed by atoms with Gasteiger partial charge in [-0.05, 0) is 20.3 Å². The molecule has 0 radical (unpaired) electrons. The van der Waals surface area contributed by atoms with Gasteiger partial charge in [0.2, 0.25) is 0 Å². The molecule has 0 saturated carbocycles. The average molecular weight is 99.2 g/mol. The highest BCUT2D eigenvalue weighted by Crippen LogP contribution is 1.85. The van der Waals surface area contributed by atoms with Crippen LogP contribution in [0.5, 0.6) is 0 Å². The Hall–Kier alpha value is -0.300. The zero-order valence-electron chi connectivity index (χ0n) is 5.02. The zero-order valence-corrected chi connectivity index (χ0v) is 5.02. The van der Waals surface area contributed by atoms with Crippen LogP contribution in [0.15, 0.2) is 12.2 Å². The number of nitrogens with two attached hydrogens (primary N) is 1. The van der Waals surface area contributed by atoms with Crippen LogP contribution in [0.2, 0.25) is 0 Å². The molecule has 0 aromatic carbocycles. The molecule has 0 aromatic rings. The molecular formula is C6H13N. The lowest BCUT2D eigenvalue weighted by molar-refractivity contribution is 0.756. The third kappa shape index (κ3) is 5.70. The molecule has 0 fully saturated rings. The second-order valence-electron chi connectivity index (χ2n) is 1.78. The van der Waals surface area contributed by atoms with Crippen molar-refractivity contribution >= 4 is 0 Å². The first kappa shape index (κ1) is 6.70. The molecule has 1 nitrogen and oxygen atoms in total. The highest BCUT2D eigenvalue weighted by atomic mass is 14.6. The van der Waals surface area contributed by atoms with Crippen molar-refractivity contribution in [1.29, 1.82) is 0 Å². The maximum absolute atomic E-state index is 5.43. The highest BCUT2D eigenvalue weighted by Gasteiger charge is 1.83. The van der Waals surface area contributed by atoms with E-state index >= 15 is 0 Å². The van der Waals surface area contributed by atoms with Crippen LogP contribution in [-0.4, -0.2) is 6.04 Å². The second kappa shape index (κ2) is 3.88. The van der Waals surface area contributed by atoms with E-state index in [1.807, 2.05) is 19.9 Å². The van der Waals surface area contributed by atoms with E-state index in [1.165, 1.54) is 0 Å². The molecular weight excluding hydrogens is 86.1 g/mol. The highest BCUT2D eigenvalue weighted by molar-refractivity contribution is 4.79. The third-order valence-electron chi connectivity index (χ3n) is 0.744. The molecule has 1 unspecified atom stereocenters. The van der Waals surface area contributed by atoms with Crippen LogP contribution in [0.1, 0.15) is 20.3 Å². The summed E-state index contributed by atoms with van der Waals surface area (Å²) in [5, 5.41) is 0. The monoisotopic (exact) mass is 99.1 g/mol. The van der Waals surface area contributed by atoms with Crippen molar-refractivity contribution in [1.82, 2.24) is 0 Å². The van der Waals surface area contributed by atoms with Crippen molar-refractivity contribution in [2.75, 3.05) is 0 Å². The number of hydrogen-bond acceptors (Lipinski definition) is 1. The van der Waals surface area contributed by atoms with Crippen LogP contribution >= 0.6 is 0 Å². The average Bonchev–Trinajstić information content (AvgIpc) is 1.61. The normalized spacial score (nSPS) is 15.3. The predicted octanol–water partition coefficient (Wildman–Crippen LogP) is 1.30. The predicted molar refractivity (Wildman–Crippen MR) is 33.1 cm³/mol. The smallest absolute Gasteiger partial charge is 0.00449 e. The van der Waals surface area contributed by atoms with Crippen LogP contribution in [0.4, 0.5) is 0 Å². The molecule has 0 aliphatic rings. The van der Waals surface area contributed by atoms with Gasteiger partial charge >= 0.3 is 0 Å². The molecule has 42 valence electrons. The quantitative estimate of drug-likeness (QED) is 0.519. The van der Waals surface area contributed by atoms with Gasteiger partial charge in [0.05, 0.1) is 0 Å². The minimum absolute atomic E-state index is 0.316. The van der Waals surface area contributed by atoms with E-state index in [9.17, 15) is 0 Å². The topological polar surface area (TPSA) is 26.0 Å². The van der Waals surface area contributed by atoms with E-state index in [2.05, 4.69) is 6.08 Å². The fourth-order valence-corrected chi connectivity index (χ4v) is 0.351. The van der Waals surface area contributed by atoms with E-state index in [4.69, 9.17) is 5.73 Å². The number of allylic oxidation sites excluding steroid dienone is 1. The fourth-order valence-electron chi connectivity index (χ4n) is 0.351. The molecule has 7 heavy (non-hydrogen) atoms. The minimum atomic E-state index is 0.316. The molecule has 0 saturated heterocycles. The summed E-state index contributed by atoms with van der Waals surface area (Å²) in [6, 6.07) is 0.316. The Bertz CT molecular complexity index is 55.2. The Labute approximate surface area is 45.2 Å². The maximum atomic E-state index is 5.43. The molecule has 0 amide bonds. The van der Waals surface area contributed by atoms with Gasteiger partial charge in [0.25, 0.3) is 0 Å². The SMILES string of the molecule is CC=CCC(C)N. The van der Waals surface area contributed by atoms with Gasteiger partial charge in [0, 0.05) is 6.04 Å². The first-order valence-electron chi connectivity index (χ1n) is 2.64. The van der Waals surface area contributed by atoms with E-state index in [-0.39, 0.29) is 0 Å². The summed E-state index contributed by atoms with van der Waals surface area (Å²) in [4.78, 5) is 0. The molecule has 0 aliphatic heterocycles. The van der Waals surface area contributed by atoms with E-state index < -0.39 is 0 Å². The van der Waals surface area contributed by atoms with Gasteiger partial charge in [0.1, 0.15) is 0 Å². The lowest BCUT2D eigenvalue weighted by Crippen LogP contribution is -2.12. The fraction of sp³-hybridized carbons (Fsp3) is 0.667. The first-order chi connectivity index (χ1) is 3.27. The summed E-state index contributed by atoms with van der Waals surface area (Å²) in [7, 11) is 0. The van der Waals surface area contributed by atoms with Gasteiger partial charge < -0.3 is 5.73 Å². The Kier molecular flexibility index (Phi) is 3.71. The molecule has 0 bridgehead atoms. The van der Waals surface area contributed by atoms with E-state index in [0.717, 1.165) is 6.42 Å². The van der Waals surface area contributed by atoms with Crippen molar-refractivity contribution in [3.8, 4) is 0 Å². The van der Waals surface area contributed by atoms with Gasteiger partial charge in [-0.3, -0.25) is 0 Å². The molecule has 1 heteroatoms. The van der Waals surface area contributed by atoms with Crippen LogP contribution in [0, 0.1) is 0 Å². The third-order valence-corrected chi connectivity index (χ3v) is 0.744. The van der Waals surface area contributed by atoms with Crippen molar-refractivity contribution < 1.29 is 0 Å². The second-order valence-corrected chi connectivity index (χ2v) is 1.78. The summed E-state index contributed by atoms with van der Waals surface area (Å²) >= 11 is 0. The van der Waals surface area contributed by atoms with Crippen molar-refractivity contribution in [2.24, 2.45) is 5.73 Å². The Morgan fingerprint density at radius 1 is 1.71 bits per heavy atom. The van der Waals surface area contributed by atoms with Gasteiger partial charge in [-0.1, -0.05) is 12.2 Å². The summed E-state index contributed by atoms with van der Waals surface area (Å²) in [5.41, 5.74) is 5.43. The molecule has 2 N–H and O–H groups in total. The number of rotatable bonds is 2. The minimum Gasteiger partial charge on any atom is -0.328 e. The first-order valence-corrected chi connectivity index (χ1v) is 2.64. The van der Waals surface area contributed by atoms with Crippen molar-refractivity contribution in [2.45, 2.75) is 26.3 Å². The standard InChI is InChI=1S/C6H13N/c1-3-4-5-6(2)7/h3-4,6H,5,7H2,1-2H3.